The molecule has 0 radical (unpaired) electrons. The Morgan fingerprint density at radius 3 is 0.714 bits per heavy atom. The van der Waals surface area contributed by atoms with Crippen molar-refractivity contribution in [3.8, 4) is 0 Å². The Balaban J connectivity index is 3.47. The molecule has 0 saturated carbocycles. The molecular formula is C79H132O5. The molecule has 0 aliphatic rings. The summed E-state index contributed by atoms with van der Waals surface area (Å²) in [6.45, 7) is 3.92. The maximum atomic E-state index is 12.4. The van der Waals surface area contributed by atoms with Crippen molar-refractivity contribution in [2.24, 2.45) is 0 Å². The molecule has 0 amide bonds. The van der Waals surface area contributed by atoms with Crippen molar-refractivity contribution in [1.82, 2.24) is 0 Å². The predicted octanol–water partition coefficient (Wildman–Crippen LogP) is 24.9. The van der Waals surface area contributed by atoms with Gasteiger partial charge in [-0.3, -0.25) is 9.59 Å². The Kier molecular flexibility index (Phi) is 69.4. The minimum absolute atomic E-state index is 0.0746. The SMILES string of the molecule is CC/C=C\C/C=C\C/C=C\C/C=C\C/C=C\C/C=C\C/C=C\CCCCCCCCCC(=O)OC(CO)COC(=O)CCCCCCCCCCCCCCCCCCCCCCCCCCC/C=C\C/C=C\C/C=C\C/C=C\C/C=C\CC. The molecule has 478 valence electrons. The number of esters is 2. The van der Waals surface area contributed by atoms with Crippen LogP contribution < -0.4 is 0 Å². The van der Waals surface area contributed by atoms with Gasteiger partial charge in [-0.25, -0.2) is 0 Å². The van der Waals surface area contributed by atoms with Gasteiger partial charge in [0.15, 0.2) is 6.10 Å². The van der Waals surface area contributed by atoms with Gasteiger partial charge < -0.3 is 14.6 Å². The van der Waals surface area contributed by atoms with E-state index < -0.39 is 6.10 Å². The van der Waals surface area contributed by atoms with Crippen molar-refractivity contribution in [2.45, 2.75) is 328 Å². The quantitative estimate of drug-likeness (QED) is 0.0373. The summed E-state index contributed by atoms with van der Waals surface area (Å²) in [6.07, 6.45) is 110. The van der Waals surface area contributed by atoms with Crippen molar-refractivity contribution < 1.29 is 24.2 Å². The highest BCUT2D eigenvalue weighted by molar-refractivity contribution is 5.70. The summed E-state index contributed by atoms with van der Waals surface area (Å²) in [5, 5.41) is 9.70. The lowest BCUT2D eigenvalue weighted by molar-refractivity contribution is -0.161. The lowest BCUT2D eigenvalue weighted by Gasteiger charge is -2.15. The van der Waals surface area contributed by atoms with E-state index in [1.165, 1.54) is 173 Å². The van der Waals surface area contributed by atoms with Crippen LogP contribution in [0.5, 0.6) is 0 Å². The van der Waals surface area contributed by atoms with Crippen molar-refractivity contribution in [3.63, 3.8) is 0 Å². The van der Waals surface area contributed by atoms with E-state index in [1.54, 1.807) is 0 Å². The first-order valence-corrected chi connectivity index (χ1v) is 35.4. The van der Waals surface area contributed by atoms with Gasteiger partial charge in [0.2, 0.25) is 0 Å². The van der Waals surface area contributed by atoms with E-state index in [0.717, 1.165) is 122 Å². The molecule has 0 saturated heterocycles. The Bertz CT molecular complexity index is 1750. The smallest absolute Gasteiger partial charge is 0.306 e. The minimum Gasteiger partial charge on any atom is -0.462 e. The average molecular weight is 1160 g/mol. The monoisotopic (exact) mass is 1160 g/mol. The molecule has 0 aromatic carbocycles. The van der Waals surface area contributed by atoms with Gasteiger partial charge in [0.25, 0.3) is 0 Å². The number of ether oxygens (including phenoxy) is 2. The van der Waals surface area contributed by atoms with Gasteiger partial charge in [-0.05, 0) is 116 Å². The maximum absolute atomic E-state index is 12.4. The molecule has 5 heteroatoms. The fraction of sp³-hybridized carbons (Fsp3) is 0.671. The molecule has 1 atom stereocenters. The molecule has 0 aromatic rings. The molecule has 0 rings (SSSR count). The first-order chi connectivity index (χ1) is 41.6. The highest BCUT2D eigenvalue weighted by Gasteiger charge is 2.16. The summed E-state index contributed by atoms with van der Waals surface area (Å²) in [4.78, 5) is 24.7. The van der Waals surface area contributed by atoms with E-state index in [9.17, 15) is 14.7 Å². The summed E-state index contributed by atoms with van der Waals surface area (Å²) in [7, 11) is 0. The molecule has 0 spiro atoms. The number of aliphatic hydroxyl groups is 1. The second kappa shape index (κ2) is 73.0. The molecule has 0 aromatic heterocycles. The second-order valence-corrected chi connectivity index (χ2v) is 23.2. The first-order valence-electron chi connectivity index (χ1n) is 35.4. The third-order valence-corrected chi connectivity index (χ3v) is 15.1. The van der Waals surface area contributed by atoms with Gasteiger partial charge in [0, 0.05) is 12.8 Å². The Hall–Kier alpha value is -4.22. The van der Waals surface area contributed by atoms with E-state index in [2.05, 4.69) is 160 Å². The van der Waals surface area contributed by atoms with Crippen molar-refractivity contribution in [1.29, 1.82) is 0 Å². The van der Waals surface area contributed by atoms with Crippen LogP contribution in [0.15, 0.2) is 146 Å². The molecule has 5 nitrogen and oxygen atoms in total. The van der Waals surface area contributed by atoms with Crippen LogP contribution in [-0.4, -0.2) is 36.4 Å². The molecule has 0 bridgehead atoms. The highest BCUT2D eigenvalue weighted by atomic mass is 16.6. The van der Waals surface area contributed by atoms with Crippen LogP contribution in [0.3, 0.4) is 0 Å². The summed E-state index contributed by atoms with van der Waals surface area (Å²) >= 11 is 0. The van der Waals surface area contributed by atoms with Gasteiger partial charge >= 0.3 is 11.9 Å². The highest BCUT2D eigenvalue weighted by Crippen LogP contribution is 2.17. The van der Waals surface area contributed by atoms with Gasteiger partial charge in [0.05, 0.1) is 6.61 Å². The molecule has 0 fully saturated rings. The van der Waals surface area contributed by atoms with Crippen LogP contribution >= 0.6 is 0 Å². The van der Waals surface area contributed by atoms with Gasteiger partial charge in [0.1, 0.15) is 6.61 Å². The minimum atomic E-state index is -0.787. The van der Waals surface area contributed by atoms with E-state index in [1.807, 2.05) is 0 Å². The zero-order valence-electron chi connectivity index (χ0n) is 54.9. The van der Waals surface area contributed by atoms with E-state index in [4.69, 9.17) is 9.47 Å². The fourth-order valence-electron chi connectivity index (χ4n) is 9.92. The number of carbonyl (C=O) groups excluding carboxylic acids is 2. The lowest BCUT2D eigenvalue weighted by Crippen LogP contribution is -2.28. The molecular weight excluding hydrogens is 1030 g/mol. The number of hydrogen-bond acceptors (Lipinski definition) is 5. The fourth-order valence-corrected chi connectivity index (χ4v) is 9.92. The number of carbonyl (C=O) groups is 2. The summed E-state index contributed by atoms with van der Waals surface area (Å²) in [6, 6.07) is 0. The van der Waals surface area contributed by atoms with Crippen molar-refractivity contribution in [2.75, 3.05) is 13.2 Å². The maximum Gasteiger partial charge on any atom is 0.306 e. The molecule has 0 aliphatic heterocycles. The summed E-state index contributed by atoms with van der Waals surface area (Å²) in [5.74, 6) is -0.599. The van der Waals surface area contributed by atoms with E-state index >= 15 is 0 Å². The van der Waals surface area contributed by atoms with E-state index in [0.29, 0.717) is 12.8 Å². The molecule has 0 heterocycles. The number of hydrogen-bond donors (Lipinski definition) is 1. The first kappa shape index (κ1) is 79.8. The standard InChI is InChI=1S/C79H132O5/c1-3-5-7-9-11-13-15-17-19-21-23-25-27-29-31-33-34-35-36-37-38-39-40-41-42-43-44-46-47-49-51-53-55-57-59-61-63-65-67-69-71-73-78(81)83-76-77(75-80)84-79(82)74-72-70-68-66-64-62-60-58-56-54-52-50-48-45-32-30-28-26-24-22-20-18-16-14-12-10-8-6-4-2/h5-8,11-14,17-20,23-26,29-32,48,50,54,56,77,80H,3-4,9-10,15-16,21-22,27-28,33-47,49,51-53,55,57-76H2,1-2H3/b7-5-,8-6-,13-11-,14-12-,19-17-,20-18-,25-23-,26-24-,31-29-,32-30-,50-48-,56-54-. The third-order valence-electron chi connectivity index (χ3n) is 15.1. The van der Waals surface area contributed by atoms with Gasteiger partial charge in [-0.1, -0.05) is 339 Å². The van der Waals surface area contributed by atoms with Crippen LogP contribution in [0, 0.1) is 0 Å². The second-order valence-electron chi connectivity index (χ2n) is 23.2. The Morgan fingerprint density at radius 2 is 0.476 bits per heavy atom. The topological polar surface area (TPSA) is 72.8 Å². The zero-order chi connectivity index (χ0) is 60.5. The van der Waals surface area contributed by atoms with Gasteiger partial charge in [-0.15, -0.1) is 0 Å². The van der Waals surface area contributed by atoms with Crippen LogP contribution in [-0.2, 0) is 19.1 Å². The van der Waals surface area contributed by atoms with Gasteiger partial charge in [-0.2, -0.15) is 0 Å². The lowest BCUT2D eigenvalue weighted by atomic mass is 10.0. The third kappa shape index (κ3) is 70.3. The predicted molar refractivity (Wildman–Crippen MR) is 371 cm³/mol. The number of unbranched alkanes of at least 4 members (excludes halogenated alkanes) is 32. The summed E-state index contributed by atoms with van der Waals surface area (Å²) < 4.78 is 10.7. The van der Waals surface area contributed by atoms with Crippen LogP contribution in [0.1, 0.15) is 322 Å². The number of aliphatic hydroxyl groups excluding tert-OH is 1. The van der Waals surface area contributed by atoms with Crippen LogP contribution in [0.25, 0.3) is 0 Å². The molecule has 1 N–H and O–H groups in total. The zero-order valence-corrected chi connectivity index (χ0v) is 54.9. The van der Waals surface area contributed by atoms with Crippen molar-refractivity contribution >= 4 is 11.9 Å². The normalized spacial score (nSPS) is 13.1. The van der Waals surface area contributed by atoms with Crippen LogP contribution in [0.2, 0.25) is 0 Å². The molecule has 0 aliphatic carbocycles. The number of allylic oxidation sites excluding steroid dienone is 24. The van der Waals surface area contributed by atoms with Crippen LogP contribution in [0.4, 0.5) is 0 Å². The molecule has 84 heavy (non-hydrogen) atoms. The number of rotatable bonds is 64. The Labute approximate surface area is 520 Å². The van der Waals surface area contributed by atoms with Crippen molar-refractivity contribution in [3.05, 3.63) is 146 Å². The molecule has 1 unspecified atom stereocenters. The largest absolute Gasteiger partial charge is 0.462 e. The average Bonchev–Trinajstić information content (AvgIpc) is 3.51. The van der Waals surface area contributed by atoms with E-state index in [-0.39, 0.29) is 25.2 Å². The Morgan fingerprint density at radius 1 is 0.274 bits per heavy atom. The summed E-state index contributed by atoms with van der Waals surface area (Å²) in [5.41, 5.74) is 0.